The Morgan fingerprint density at radius 2 is 1.83 bits per heavy atom. The third kappa shape index (κ3) is 4.04. The summed E-state index contributed by atoms with van der Waals surface area (Å²) in [5, 5.41) is 13.4. The molecule has 0 heterocycles. The SMILES string of the molecule is CC/C(=N\Nc1cccc(C(=O)O)c1)c1ccc(OC)c(OC)c1. The molecule has 0 bridgehead atoms. The Kier molecular flexibility index (Phi) is 5.78. The number of anilines is 1. The van der Waals surface area contributed by atoms with Crippen LogP contribution < -0.4 is 14.9 Å². The Morgan fingerprint density at radius 3 is 2.46 bits per heavy atom. The van der Waals surface area contributed by atoms with Crippen LogP contribution in [0.2, 0.25) is 0 Å². The van der Waals surface area contributed by atoms with Crippen LogP contribution in [0.3, 0.4) is 0 Å². The topological polar surface area (TPSA) is 80.2 Å². The monoisotopic (exact) mass is 328 g/mol. The van der Waals surface area contributed by atoms with Gasteiger partial charge >= 0.3 is 5.97 Å². The van der Waals surface area contributed by atoms with Crippen molar-refractivity contribution >= 4 is 17.4 Å². The summed E-state index contributed by atoms with van der Waals surface area (Å²) in [7, 11) is 3.17. The Bertz CT molecular complexity index is 756. The first-order valence-electron chi connectivity index (χ1n) is 7.47. The first kappa shape index (κ1) is 17.3. The van der Waals surface area contributed by atoms with Gasteiger partial charge in [-0.1, -0.05) is 13.0 Å². The molecular formula is C18H20N2O4. The van der Waals surface area contributed by atoms with Crippen LogP contribution >= 0.6 is 0 Å². The molecule has 0 aliphatic heterocycles. The van der Waals surface area contributed by atoms with Crippen molar-refractivity contribution in [3.05, 3.63) is 53.6 Å². The van der Waals surface area contributed by atoms with E-state index in [1.54, 1.807) is 26.4 Å². The summed E-state index contributed by atoms with van der Waals surface area (Å²) in [5.74, 6) is 0.307. The zero-order valence-electron chi connectivity index (χ0n) is 13.9. The van der Waals surface area contributed by atoms with Gasteiger partial charge < -0.3 is 14.6 Å². The number of hydrogen-bond donors (Lipinski definition) is 2. The molecule has 2 rings (SSSR count). The molecule has 0 fully saturated rings. The lowest BCUT2D eigenvalue weighted by Gasteiger charge is -2.11. The van der Waals surface area contributed by atoms with E-state index in [-0.39, 0.29) is 5.56 Å². The zero-order valence-corrected chi connectivity index (χ0v) is 13.9. The summed E-state index contributed by atoms with van der Waals surface area (Å²) < 4.78 is 10.5. The number of benzene rings is 2. The molecule has 0 saturated heterocycles. The highest BCUT2D eigenvalue weighted by Crippen LogP contribution is 2.28. The zero-order chi connectivity index (χ0) is 17.5. The lowest BCUT2D eigenvalue weighted by Crippen LogP contribution is -2.05. The minimum absolute atomic E-state index is 0.208. The van der Waals surface area contributed by atoms with E-state index < -0.39 is 5.97 Å². The number of carboxylic acids is 1. The van der Waals surface area contributed by atoms with Gasteiger partial charge in [0.25, 0.3) is 0 Å². The summed E-state index contributed by atoms with van der Waals surface area (Å²) in [5.41, 5.74) is 5.44. The average Bonchev–Trinajstić information content (AvgIpc) is 2.62. The van der Waals surface area contributed by atoms with Gasteiger partial charge in [0.15, 0.2) is 11.5 Å². The molecule has 6 nitrogen and oxygen atoms in total. The summed E-state index contributed by atoms with van der Waals surface area (Å²) in [4.78, 5) is 11.0. The molecule has 0 saturated carbocycles. The molecule has 0 atom stereocenters. The normalized spacial score (nSPS) is 11.0. The predicted octanol–water partition coefficient (Wildman–Crippen LogP) is 3.63. The molecule has 0 unspecified atom stereocenters. The Hall–Kier alpha value is -3.02. The van der Waals surface area contributed by atoms with E-state index in [9.17, 15) is 4.79 Å². The van der Waals surface area contributed by atoms with Crippen molar-refractivity contribution < 1.29 is 19.4 Å². The van der Waals surface area contributed by atoms with Gasteiger partial charge in [-0.3, -0.25) is 5.43 Å². The first-order chi connectivity index (χ1) is 11.6. The second-order valence-electron chi connectivity index (χ2n) is 4.98. The van der Waals surface area contributed by atoms with Gasteiger partial charge in [0.2, 0.25) is 0 Å². The molecule has 24 heavy (non-hydrogen) atoms. The van der Waals surface area contributed by atoms with Gasteiger partial charge in [-0.2, -0.15) is 5.10 Å². The fourth-order valence-corrected chi connectivity index (χ4v) is 2.22. The van der Waals surface area contributed by atoms with Gasteiger partial charge in [-0.05, 0) is 42.8 Å². The van der Waals surface area contributed by atoms with Gasteiger partial charge in [-0.25, -0.2) is 4.79 Å². The molecule has 0 radical (unpaired) electrons. The lowest BCUT2D eigenvalue weighted by molar-refractivity contribution is 0.0697. The fraction of sp³-hybridized carbons (Fsp3) is 0.222. The molecule has 0 aliphatic rings. The van der Waals surface area contributed by atoms with Crippen molar-refractivity contribution in [3.8, 4) is 11.5 Å². The number of carbonyl (C=O) groups is 1. The average molecular weight is 328 g/mol. The third-order valence-corrected chi connectivity index (χ3v) is 3.48. The van der Waals surface area contributed by atoms with Crippen molar-refractivity contribution in [1.29, 1.82) is 0 Å². The maximum absolute atomic E-state index is 11.0. The smallest absolute Gasteiger partial charge is 0.335 e. The molecule has 6 heteroatoms. The molecular weight excluding hydrogens is 308 g/mol. The predicted molar refractivity (Wildman–Crippen MR) is 93.4 cm³/mol. The summed E-state index contributed by atoms with van der Waals surface area (Å²) in [6, 6.07) is 12.1. The van der Waals surface area contributed by atoms with Crippen LogP contribution in [0.1, 0.15) is 29.3 Å². The van der Waals surface area contributed by atoms with E-state index >= 15 is 0 Å². The fourth-order valence-electron chi connectivity index (χ4n) is 2.22. The van der Waals surface area contributed by atoms with Gasteiger partial charge in [0, 0.05) is 5.56 Å². The van der Waals surface area contributed by atoms with E-state index in [4.69, 9.17) is 14.6 Å². The van der Waals surface area contributed by atoms with Crippen LogP contribution in [0.5, 0.6) is 11.5 Å². The molecule has 0 amide bonds. The Labute approximate surface area is 140 Å². The minimum Gasteiger partial charge on any atom is -0.493 e. The van der Waals surface area contributed by atoms with Crippen molar-refractivity contribution in [3.63, 3.8) is 0 Å². The van der Waals surface area contributed by atoms with Gasteiger partial charge in [-0.15, -0.1) is 0 Å². The number of hydrazone groups is 1. The second kappa shape index (κ2) is 8.01. The van der Waals surface area contributed by atoms with Crippen molar-refractivity contribution in [2.24, 2.45) is 5.10 Å². The molecule has 2 N–H and O–H groups in total. The largest absolute Gasteiger partial charge is 0.493 e. The Morgan fingerprint density at radius 1 is 1.08 bits per heavy atom. The highest BCUT2D eigenvalue weighted by molar-refractivity contribution is 6.01. The number of rotatable bonds is 7. The molecule has 0 aliphatic carbocycles. The van der Waals surface area contributed by atoms with Crippen molar-refractivity contribution in [2.75, 3.05) is 19.6 Å². The van der Waals surface area contributed by atoms with Gasteiger partial charge in [0.1, 0.15) is 0 Å². The van der Waals surface area contributed by atoms with Crippen LogP contribution in [-0.4, -0.2) is 31.0 Å². The van der Waals surface area contributed by atoms with Gasteiger partial charge in [0.05, 0.1) is 31.2 Å². The highest BCUT2D eigenvalue weighted by atomic mass is 16.5. The minimum atomic E-state index is -0.974. The number of nitrogens with zero attached hydrogens (tertiary/aromatic N) is 1. The second-order valence-corrected chi connectivity index (χ2v) is 4.98. The molecule has 0 spiro atoms. The van der Waals surface area contributed by atoms with E-state index in [0.717, 1.165) is 11.3 Å². The number of methoxy groups -OCH3 is 2. The number of aromatic carboxylic acids is 1. The third-order valence-electron chi connectivity index (χ3n) is 3.48. The van der Waals surface area contributed by atoms with Crippen molar-refractivity contribution in [1.82, 2.24) is 0 Å². The summed E-state index contributed by atoms with van der Waals surface area (Å²) in [6.45, 7) is 1.99. The van der Waals surface area contributed by atoms with Crippen LogP contribution in [0.25, 0.3) is 0 Å². The van der Waals surface area contributed by atoms with Crippen LogP contribution in [0.4, 0.5) is 5.69 Å². The van der Waals surface area contributed by atoms with E-state index in [0.29, 0.717) is 23.6 Å². The first-order valence-corrected chi connectivity index (χ1v) is 7.47. The van der Waals surface area contributed by atoms with Crippen LogP contribution in [0.15, 0.2) is 47.6 Å². The van der Waals surface area contributed by atoms with Crippen LogP contribution in [0, 0.1) is 0 Å². The number of nitrogens with one attached hydrogen (secondary N) is 1. The number of ether oxygens (including phenoxy) is 2. The quantitative estimate of drug-likeness (QED) is 0.599. The van der Waals surface area contributed by atoms with Crippen LogP contribution in [-0.2, 0) is 0 Å². The van der Waals surface area contributed by atoms with E-state index in [1.165, 1.54) is 12.1 Å². The lowest BCUT2D eigenvalue weighted by atomic mass is 10.1. The summed E-state index contributed by atoms with van der Waals surface area (Å²) in [6.07, 6.45) is 0.696. The molecule has 2 aromatic rings. The van der Waals surface area contributed by atoms with E-state index in [1.807, 2.05) is 25.1 Å². The van der Waals surface area contributed by atoms with E-state index in [2.05, 4.69) is 10.5 Å². The Balaban J connectivity index is 2.26. The number of carboxylic acid groups (broad SMARTS) is 1. The van der Waals surface area contributed by atoms with Crippen molar-refractivity contribution in [2.45, 2.75) is 13.3 Å². The summed E-state index contributed by atoms with van der Waals surface area (Å²) >= 11 is 0. The standard InChI is InChI=1S/C18H20N2O4/c1-4-15(12-8-9-16(23-2)17(11-12)24-3)20-19-14-7-5-6-13(10-14)18(21)22/h5-11,19H,4H2,1-3H3,(H,21,22)/b20-15+. The highest BCUT2D eigenvalue weighted by Gasteiger charge is 2.09. The maximum Gasteiger partial charge on any atom is 0.335 e. The molecule has 0 aromatic heterocycles. The molecule has 126 valence electrons. The number of hydrogen-bond acceptors (Lipinski definition) is 5. The maximum atomic E-state index is 11.0. The molecule has 2 aromatic carbocycles.